The van der Waals surface area contributed by atoms with E-state index in [1.54, 1.807) is 12.1 Å². The molecule has 0 atom stereocenters. The van der Waals surface area contributed by atoms with Gasteiger partial charge in [-0.1, -0.05) is 48.5 Å². The lowest BCUT2D eigenvalue weighted by molar-refractivity contribution is 0.0472. The Hall–Kier alpha value is -3.16. The number of rotatable bonds is 6. The first-order valence-corrected chi connectivity index (χ1v) is 12.0. The van der Waals surface area contributed by atoms with E-state index in [1.165, 1.54) is 16.4 Å². The fraction of sp³-hybridized carbons (Fsp3) is 0.240. The number of nitrogens with zero attached hydrogens (tertiary/aromatic N) is 2. The molecule has 1 aliphatic heterocycles. The zero-order valence-corrected chi connectivity index (χ0v) is 18.8. The lowest BCUT2D eigenvalue weighted by Crippen LogP contribution is -2.48. The number of carbonyl (C=O) groups is 1. The van der Waals surface area contributed by atoms with Gasteiger partial charge >= 0.3 is 5.97 Å². The van der Waals surface area contributed by atoms with Crippen LogP contribution in [0.4, 0.5) is 5.69 Å². The van der Waals surface area contributed by atoms with Crippen LogP contribution in [0.3, 0.4) is 0 Å². The van der Waals surface area contributed by atoms with Crippen molar-refractivity contribution in [2.75, 3.05) is 31.1 Å². The van der Waals surface area contributed by atoms with Crippen LogP contribution < -0.4 is 4.90 Å². The van der Waals surface area contributed by atoms with Gasteiger partial charge in [-0.25, -0.2) is 13.2 Å². The van der Waals surface area contributed by atoms with Gasteiger partial charge in [0, 0.05) is 31.9 Å². The molecule has 1 fully saturated rings. The highest BCUT2D eigenvalue weighted by molar-refractivity contribution is 7.89. The number of ether oxygens (including phenoxy) is 1. The molecule has 1 saturated heterocycles. The van der Waals surface area contributed by atoms with Gasteiger partial charge in [0.15, 0.2) is 0 Å². The van der Waals surface area contributed by atoms with E-state index in [1.807, 2.05) is 61.5 Å². The summed E-state index contributed by atoms with van der Waals surface area (Å²) in [7, 11) is -3.70. The normalized spacial score (nSPS) is 14.8. The SMILES string of the molecule is Cc1ccccc1COC(=O)c1cccc(S(=O)(=O)N2CCN(c3ccccc3)CC2)c1. The van der Waals surface area contributed by atoms with Crippen molar-refractivity contribution in [1.82, 2.24) is 4.31 Å². The molecule has 0 unspecified atom stereocenters. The van der Waals surface area contributed by atoms with Crippen LogP contribution in [-0.4, -0.2) is 44.9 Å². The highest BCUT2D eigenvalue weighted by Gasteiger charge is 2.29. The number of hydrogen-bond acceptors (Lipinski definition) is 5. The van der Waals surface area contributed by atoms with E-state index in [-0.39, 0.29) is 17.1 Å². The Morgan fingerprint density at radius 1 is 0.875 bits per heavy atom. The molecule has 4 rings (SSSR count). The molecule has 0 N–H and O–H groups in total. The average Bonchev–Trinajstić information content (AvgIpc) is 2.84. The Morgan fingerprint density at radius 3 is 2.28 bits per heavy atom. The fourth-order valence-electron chi connectivity index (χ4n) is 3.76. The molecule has 0 aliphatic carbocycles. The van der Waals surface area contributed by atoms with Crippen LogP contribution in [0.25, 0.3) is 0 Å². The molecule has 1 aliphatic rings. The lowest BCUT2D eigenvalue weighted by atomic mass is 10.1. The molecule has 3 aromatic carbocycles. The standard InChI is InChI=1S/C25H26N2O4S/c1-20-8-5-6-9-22(20)19-31-25(28)21-10-7-13-24(18-21)32(29,30)27-16-14-26(15-17-27)23-11-3-2-4-12-23/h2-13,18H,14-17,19H2,1H3. The van der Waals surface area contributed by atoms with Gasteiger partial charge < -0.3 is 9.64 Å². The first-order chi connectivity index (χ1) is 15.4. The number of anilines is 1. The predicted octanol–water partition coefficient (Wildman–Crippen LogP) is 3.86. The predicted molar refractivity (Wildman–Crippen MR) is 124 cm³/mol. The van der Waals surface area contributed by atoms with Crippen LogP contribution in [0.15, 0.2) is 83.8 Å². The average molecular weight is 451 g/mol. The molecule has 0 amide bonds. The molecule has 0 aromatic heterocycles. The molecule has 3 aromatic rings. The van der Waals surface area contributed by atoms with Crippen molar-refractivity contribution in [3.8, 4) is 0 Å². The summed E-state index contributed by atoms with van der Waals surface area (Å²) in [6.07, 6.45) is 0. The topological polar surface area (TPSA) is 66.9 Å². The van der Waals surface area contributed by atoms with Gasteiger partial charge in [0.1, 0.15) is 6.61 Å². The third kappa shape index (κ3) is 4.84. The van der Waals surface area contributed by atoms with Crippen molar-refractivity contribution in [3.05, 3.63) is 95.6 Å². The Kier molecular flexibility index (Phi) is 6.58. The van der Waals surface area contributed by atoms with Gasteiger partial charge in [-0.3, -0.25) is 0 Å². The van der Waals surface area contributed by atoms with Crippen LogP contribution >= 0.6 is 0 Å². The second-order valence-electron chi connectivity index (χ2n) is 7.76. The number of carbonyl (C=O) groups excluding carboxylic acids is 1. The molecule has 32 heavy (non-hydrogen) atoms. The Balaban J connectivity index is 1.43. The summed E-state index contributed by atoms with van der Waals surface area (Å²) in [6.45, 7) is 4.10. The summed E-state index contributed by atoms with van der Waals surface area (Å²) in [4.78, 5) is 14.8. The van der Waals surface area contributed by atoms with E-state index in [4.69, 9.17) is 4.74 Å². The maximum Gasteiger partial charge on any atom is 0.338 e. The van der Waals surface area contributed by atoms with E-state index in [0.29, 0.717) is 26.2 Å². The molecule has 0 bridgehead atoms. The van der Waals surface area contributed by atoms with Crippen LogP contribution in [0, 0.1) is 6.92 Å². The van der Waals surface area contributed by atoms with Crippen molar-refractivity contribution in [2.45, 2.75) is 18.4 Å². The highest BCUT2D eigenvalue weighted by Crippen LogP contribution is 2.22. The molecule has 0 saturated carbocycles. The van der Waals surface area contributed by atoms with E-state index in [0.717, 1.165) is 16.8 Å². The van der Waals surface area contributed by atoms with Gasteiger partial charge in [0.25, 0.3) is 0 Å². The number of sulfonamides is 1. The first kappa shape index (κ1) is 22.0. The van der Waals surface area contributed by atoms with Gasteiger partial charge in [-0.15, -0.1) is 0 Å². The number of esters is 1. The van der Waals surface area contributed by atoms with Crippen molar-refractivity contribution in [1.29, 1.82) is 0 Å². The van der Waals surface area contributed by atoms with Crippen molar-refractivity contribution in [3.63, 3.8) is 0 Å². The third-order valence-corrected chi connectivity index (χ3v) is 7.58. The summed E-state index contributed by atoms with van der Waals surface area (Å²) in [6, 6.07) is 23.7. The summed E-state index contributed by atoms with van der Waals surface area (Å²) in [5.41, 5.74) is 3.26. The second kappa shape index (κ2) is 9.54. The maximum absolute atomic E-state index is 13.2. The zero-order valence-electron chi connectivity index (χ0n) is 18.0. The Bertz CT molecular complexity index is 1190. The monoisotopic (exact) mass is 450 g/mol. The number of hydrogen-bond donors (Lipinski definition) is 0. The van der Waals surface area contributed by atoms with Crippen LogP contribution in [0.5, 0.6) is 0 Å². The molecule has 7 heteroatoms. The van der Waals surface area contributed by atoms with Crippen molar-refractivity contribution >= 4 is 21.7 Å². The van der Waals surface area contributed by atoms with Gasteiger partial charge in [-0.2, -0.15) is 4.31 Å². The Morgan fingerprint density at radius 2 is 1.56 bits per heavy atom. The lowest BCUT2D eigenvalue weighted by Gasteiger charge is -2.35. The smallest absolute Gasteiger partial charge is 0.338 e. The highest BCUT2D eigenvalue weighted by atomic mass is 32.2. The summed E-state index contributed by atoms with van der Waals surface area (Å²) in [5, 5.41) is 0. The quantitative estimate of drug-likeness (QED) is 0.534. The van der Waals surface area contributed by atoms with Crippen molar-refractivity contribution in [2.24, 2.45) is 0 Å². The van der Waals surface area contributed by atoms with E-state index in [9.17, 15) is 13.2 Å². The molecule has 1 heterocycles. The number of aryl methyl sites for hydroxylation is 1. The number of para-hydroxylation sites is 1. The van der Waals surface area contributed by atoms with E-state index in [2.05, 4.69) is 4.90 Å². The fourth-order valence-corrected chi connectivity index (χ4v) is 5.23. The van der Waals surface area contributed by atoms with E-state index < -0.39 is 16.0 Å². The van der Waals surface area contributed by atoms with Crippen LogP contribution in [0.2, 0.25) is 0 Å². The zero-order chi connectivity index (χ0) is 22.6. The Labute approximate surface area is 189 Å². The van der Waals surface area contributed by atoms with Crippen LogP contribution in [0.1, 0.15) is 21.5 Å². The summed E-state index contributed by atoms with van der Waals surface area (Å²) >= 11 is 0. The minimum Gasteiger partial charge on any atom is -0.457 e. The maximum atomic E-state index is 13.2. The number of piperazine rings is 1. The van der Waals surface area contributed by atoms with E-state index >= 15 is 0 Å². The van der Waals surface area contributed by atoms with Crippen molar-refractivity contribution < 1.29 is 17.9 Å². The number of benzene rings is 3. The van der Waals surface area contributed by atoms with Gasteiger partial charge in [0.2, 0.25) is 10.0 Å². The molecule has 0 radical (unpaired) electrons. The molecule has 6 nitrogen and oxygen atoms in total. The molecular formula is C25H26N2O4S. The minimum absolute atomic E-state index is 0.107. The van der Waals surface area contributed by atoms with Gasteiger partial charge in [-0.05, 0) is 48.4 Å². The summed E-state index contributed by atoms with van der Waals surface area (Å²) in [5.74, 6) is -0.542. The van der Waals surface area contributed by atoms with Gasteiger partial charge in [0.05, 0.1) is 10.5 Å². The third-order valence-electron chi connectivity index (χ3n) is 5.69. The molecule has 166 valence electrons. The second-order valence-corrected chi connectivity index (χ2v) is 9.70. The molecule has 0 spiro atoms. The van der Waals surface area contributed by atoms with Crippen LogP contribution in [-0.2, 0) is 21.4 Å². The largest absolute Gasteiger partial charge is 0.457 e. The first-order valence-electron chi connectivity index (χ1n) is 10.6. The summed E-state index contributed by atoms with van der Waals surface area (Å²) < 4.78 is 33.3. The molecular weight excluding hydrogens is 424 g/mol. The minimum atomic E-state index is -3.70.